The van der Waals surface area contributed by atoms with Crippen LogP contribution in [-0.4, -0.2) is 43.2 Å². The van der Waals surface area contributed by atoms with E-state index in [1.54, 1.807) is 12.1 Å². The molecule has 10 heteroatoms. The van der Waals surface area contributed by atoms with Gasteiger partial charge in [0.05, 0.1) is 22.6 Å². The summed E-state index contributed by atoms with van der Waals surface area (Å²) < 4.78 is 33.1. The molecule has 1 N–H and O–H groups in total. The lowest BCUT2D eigenvalue weighted by Crippen LogP contribution is -2.43. The second-order valence-electron chi connectivity index (χ2n) is 7.41. The first-order valence-corrected chi connectivity index (χ1v) is 11.4. The molecule has 0 aromatic heterocycles. The molecule has 0 spiro atoms. The lowest BCUT2D eigenvalue weighted by molar-refractivity contribution is -0.384. The maximum absolute atomic E-state index is 13.3. The van der Waals surface area contributed by atoms with Crippen LogP contribution in [0.5, 0.6) is 5.75 Å². The summed E-state index contributed by atoms with van der Waals surface area (Å²) >= 11 is 0. The number of nitro benzene ring substituents is 1. The van der Waals surface area contributed by atoms with Crippen molar-refractivity contribution < 1.29 is 22.9 Å². The maximum atomic E-state index is 13.3. The Bertz CT molecular complexity index is 1310. The van der Waals surface area contributed by atoms with Crippen LogP contribution in [-0.2, 0) is 14.8 Å². The molecule has 1 aliphatic rings. The first-order valence-electron chi connectivity index (χ1n) is 9.95. The standard InChI is InChI=1S/C22H21N3O6S/c1-31-21-11-9-17(25(27)28)14-19(21)23-22(26)20-7-4-12-24(20)32(29,30)18-10-8-15-5-2-3-6-16(15)13-18/h2-3,5-6,8-11,13-14,20H,4,7,12H2,1H3,(H,23,26). The van der Waals surface area contributed by atoms with Gasteiger partial charge in [0.25, 0.3) is 5.69 Å². The van der Waals surface area contributed by atoms with Crippen LogP contribution in [0, 0.1) is 10.1 Å². The minimum absolute atomic E-state index is 0.113. The number of nitro groups is 1. The quantitative estimate of drug-likeness (QED) is 0.448. The Morgan fingerprint density at radius 1 is 1.12 bits per heavy atom. The second-order valence-corrected chi connectivity index (χ2v) is 9.30. The molecule has 3 aromatic carbocycles. The van der Waals surface area contributed by atoms with Crippen molar-refractivity contribution in [2.24, 2.45) is 0 Å². The minimum Gasteiger partial charge on any atom is -0.495 e. The number of anilines is 1. The van der Waals surface area contributed by atoms with E-state index >= 15 is 0 Å². The average Bonchev–Trinajstić information content (AvgIpc) is 3.30. The second kappa shape index (κ2) is 8.56. The molecule has 0 saturated carbocycles. The predicted molar refractivity (Wildman–Crippen MR) is 119 cm³/mol. The predicted octanol–water partition coefficient (Wildman–Crippen LogP) is 3.55. The normalized spacial score (nSPS) is 16.7. The highest BCUT2D eigenvalue weighted by Crippen LogP contribution is 2.32. The van der Waals surface area contributed by atoms with E-state index in [-0.39, 0.29) is 28.6 Å². The molecule has 0 radical (unpaired) electrons. The number of fused-ring (bicyclic) bond motifs is 1. The minimum atomic E-state index is -3.92. The van der Waals surface area contributed by atoms with Crippen molar-refractivity contribution in [1.29, 1.82) is 0 Å². The van der Waals surface area contributed by atoms with Gasteiger partial charge in [-0.15, -0.1) is 0 Å². The topological polar surface area (TPSA) is 119 Å². The number of carbonyl (C=O) groups is 1. The fraction of sp³-hybridized carbons (Fsp3) is 0.227. The molecular weight excluding hydrogens is 434 g/mol. The van der Waals surface area contributed by atoms with E-state index in [2.05, 4.69) is 5.32 Å². The van der Waals surface area contributed by atoms with Crippen LogP contribution in [0.2, 0.25) is 0 Å². The van der Waals surface area contributed by atoms with Crippen LogP contribution in [0.4, 0.5) is 11.4 Å². The molecule has 1 heterocycles. The van der Waals surface area contributed by atoms with Crippen LogP contribution < -0.4 is 10.1 Å². The fourth-order valence-electron chi connectivity index (χ4n) is 3.88. The number of hydrogen-bond acceptors (Lipinski definition) is 6. The third kappa shape index (κ3) is 4.02. The molecule has 0 aliphatic carbocycles. The third-order valence-electron chi connectivity index (χ3n) is 5.49. The summed E-state index contributed by atoms with van der Waals surface area (Å²) in [6.07, 6.45) is 0.868. The highest BCUT2D eigenvalue weighted by atomic mass is 32.2. The van der Waals surface area contributed by atoms with Gasteiger partial charge in [-0.25, -0.2) is 8.42 Å². The number of sulfonamides is 1. The lowest BCUT2D eigenvalue weighted by Gasteiger charge is -2.24. The Morgan fingerprint density at radius 2 is 1.88 bits per heavy atom. The number of nitrogens with one attached hydrogen (secondary N) is 1. The summed E-state index contributed by atoms with van der Waals surface area (Å²) in [7, 11) is -2.54. The Balaban J connectivity index is 1.62. The zero-order valence-electron chi connectivity index (χ0n) is 17.2. The number of methoxy groups -OCH3 is 1. The van der Waals surface area contributed by atoms with Crippen molar-refractivity contribution in [3.63, 3.8) is 0 Å². The number of carbonyl (C=O) groups excluding carboxylic acids is 1. The smallest absolute Gasteiger partial charge is 0.271 e. The summed E-state index contributed by atoms with van der Waals surface area (Å²) in [6, 6.07) is 15.2. The molecule has 4 rings (SSSR count). The van der Waals surface area contributed by atoms with Crippen molar-refractivity contribution in [2.45, 2.75) is 23.8 Å². The molecule has 166 valence electrons. The lowest BCUT2D eigenvalue weighted by atomic mass is 10.1. The summed E-state index contributed by atoms with van der Waals surface area (Å²) in [5.74, 6) is -0.323. The highest BCUT2D eigenvalue weighted by molar-refractivity contribution is 7.89. The number of hydrogen-bond donors (Lipinski definition) is 1. The van der Waals surface area contributed by atoms with E-state index in [4.69, 9.17) is 4.74 Å². The van der Waals surface area contributed by atoms with Gasteiger partial charge in [0, 0.05) is 18.7 Å². The van der Waals surface area contributed by atoms with Gasteiger partial charge < -0.3 is 10.1 Å². The highest BCUT2D eigenvalue weighted by Gasteiger charge is 2.39. The first-order chi connectivity index (χ1) is 15.3. The van der Waals surface area contributed by atoms with Crippen molar-refractivity contribution >= 4 is 38.1 Å². The van der Waals surface area contributed by atoms with Crippen LogP contribution >= 0.6 is 0 Å². The molecule has 1 unspecified atom stereocenters. The summed E-state index contributed by atoms with van der Waals surface area (Å²) in [5.41, 5.74) is -0.102. The molecule has 32 heavy (non-hydrogen) atoms. The van der Waals surface area contributed by atoms with Gasteiger partial charge in [0.1, 0.15) is 11.8 Å². The van der Waals surface area contributed by atoms with Crippen LogP contribution in [0.1, 0.15) is 12.8 Å². The largest absolute Gasteiger partial charge is 0.495 e. The van der Waals surface area contributed by atoms with Gasteiger partial charge in [0.2, 0.25) is 15.9 Å². The van der Waals surface area contributed by atoms with E-state index in [0.717, 1.165) is 10.8 Å². The number of benzene rings is 3. The van der Waals surface area contributed by atoms with Gasteiger partial charge in [0.15, 0.2) is 0 Å². The maximum Gasteiger partial charge on any atom is 0.271 e. The molecule has 1 amide bonds. The Labute approximate surface area is 184 Å². The van der Waals surface area contributed by atoms with E-state index in [1.165, 1.54) is 35.7 Å². The average molecular weight is 455 g/mol. The Hall–Kier alpha value is -3.50. The zero-order chi connectivity index (χ0) is 22.9. The van der Waals surface area contributed by atoms with Crippen molar-refractivity contribution in [3.8, 4) is 5.75 Å². The number of amides is 1. The molecule has 1 atom stereocenters. The fourth-order valence-corrected chi connectivity index (χ4v) is 5.57. The SMILES string of the molecule is COc1ccc([N+](=O)[O-])cc1NC(=O)C1CCCN1S(=O)(=O)c1ccc2ccccc2c1. The van der Waals surface area contributed by atoms with E-state index in [1.807, 2.05) is 24.3 Å². The van der Waals surface area contributed by atoms with Gasteiger partial charge in [-0.1, -0.05) is 30.3 Å². The Kier molecular flexibility index (Phi) is 5.81. The Morgan fingerprint density at radius 3 is 2.59 bits per heavy atom. The number of ether oxygens (including phenoxy) is 1. The van der Waals surface area contributed by atoms with Gasteiger partial charge in [-0.3, -0.25) is 14.9 Å². The molecular formula is C22H21N3O6S. The molecule has 1 aliphatic heterocycles. The summed E-state index contributed by atoms with van der Waals surface area (Å²) in [4.78, 5) is 23.6. The van der Waals surface area contributed by atoms with Crippen LogP contribution in [0.25, 0.3) is 10.8 Å². The van der Waals surface area contributed by atoms with Gasteiger partial charge in [-0.05, 0) is 41.8 Å². The molecule has 3 aromatic rings. The molecule has 1 saturated heterocycles. The van der Waals surface area contributed by atoms with Crippen LogP contribution in [0.3, 0.4) is 0 Å². The number of nitrogens with zero attached hydrogens (tertiary/aromatic N) is 2. The third-order valence-corrected chi connectivity index (χ3v) is 7.39. The number of non-ortho nitro benzene ring substituents is 1. The molecule has 9 nitrogen and oxygen atoms in total. The van der Waals surface area contributed by atoms with Crippen molar-refractivity contribution in [2.75, 3.05) is 19.0 Å². The van der Waals surface area contributed by atoms with E-state index in [0.29, 0.717) is 12.8 Å². The molecule has 0 bridgehead atoms. The van der Waals surface area contributed by atoms with Crippen molar-refractivity contribution in [1.82, 2.24) is 4.31 Å². The van der Waals surface area contributed by atoms with E-state index in [9.17, 15) is 23.3 Å². The van der Waals surface area contributed by atoms with E-state index < -0.39 is 26.9 Å². The number of rotatable bonds is 6. The van der Waals surface area contributed by atoms with Gasteiger partial charge >= 0.3 is 0 Å². The van der Waals surface area contributed by atoms with Crippen LogP contribution in [0.15, 0.2) is 65.6 Å². The van der Waals surface area contributed by atoms with Crippen molar-refractivity contribution in [3.05, 3.63) is 70.8 Å². The first kappa shape index (κ1) is 21.7. The monoisotopic (exact) mass is 455 g/mol. The van der Waals surface area contributed by atoms with Gasteiger partial charge in [-0.2, -0.15) is 4.31 Å². The molecule has 1 fully saturated rings. The summed E-state index contributed by atoms with van der Waals surface area (Å²) in [6.45, 7) is 0.208. The zero-order valence-corrected chi connectivity index (χ0v) is 18.0. The summed E-state index contributed by atoms with van der Waals surface area (Å²) in [5, 5.41) is 15.4.